The lowest BCUT2D eigenvalue weighted by molar-refractivity contribution is -0.125. The standard InChI is InChI=1S/C23H23N7O3S/c24-11-14-2-1-3-17(10-14)26-18(31)12-30-13-25-20-19(22(30)33)34-23(28-20)29-8-6-15(7-9-29)21(32)27-16-4-5-16/h1-3,10,13,15-16H,4-9,12H2,(H,26,31)(H,27,32). The minimum absolute atomic E-state index is 0.0222. The first-order valence-corrected chi connectivity index (χ1v) is 12.0. The molecule has 0 radical (unpaired) electrons. The number of benzene rings is 1. The van der Waals surface area contributed by atoms with E-state index in [0.29, 0.717) is 45.9 Å². The number of amides is 2. The number of aromatic nitrogens is 3. The molecule has 11 heteroatoms. The van der Waals surface area contributed by atoms with E-state index < -0.39 is 5.91 Å². The molecule has 2 fully saturated rings. The van der Waals surface area contributed by atoms with Crippen molar-refractivity contribution in [3.05, 3.63) is 46.5 Å². The van der Waals surface area contributed by atoms with Gasteiger partial charge in [0.25, 0.3) is 5.56 Å². The monoisotopic (exact) mass is 477 g/mol. The first-order chi connectivity index (χ1) is 16.5. The van der Waals surface area contributed by atoms with Gasteiger partial charge in [-0.05, 0) is 43.9 Å². The van der Waals surface area contributed by atoms with Gasteiger partial charge >= 0.3 is 0 Å². The van der Waals surface area contributed by atoms with Crippen LogP contribution in [0.3, 0.4) is 0 Å². The minimum Gasteiger partial charge on any atom is -0.353 e. The fourth-order valence-electron chi connectivity index (χ4n) is 3.98. The Hall–Kier alpha value is -3.78. The van der Waals surface area contributed by atoms with Gasteiger partial charge in [0.2, 0.25) is 11.8 Å². The van der Waals surface area contributed by atoms with Crippen molar-refractivity contribution in [2.24, 2.45) is 5.92 Å². The van der Waals surface area contributed by atoms with Crippen LogP contribution >= 0.6 is 11.3 Å². The summed E-state index contributed by atoms with van der Waals surface area (Å²) < 4.78 is 1.65. The predicted molar refractivity (Wildman–Crippen MR) is 128 cm³/mol. The highest BCUT2D eigenvalue weighted by Crippen LogP contribution is 2.30. The van der Waals surface area contributed by atoms with E-state index >= 15 is 0 Å². The van der Waals surface area contributed by atoms with Crippen LogP contribution in [0.1, 0.15) is 31.2 Å². The van der Waals surface area contributed by atoms with E-state index in [2.05, 4.69) is 25.5 Å². The average molecular weight is 478 g/mol. The number of hydrogen-bond donors (Lipinski definition) is 2. The molecule has 174 valence electrons. The molecule has 1 aliphatic heterocycles. The van der Waals surface area contributed by atoms with Crippen LogP contribution in [-0.2, 0) is 16.1 Å². The van der Waals surface area contributed by atoms with E-state index in [1.165, 1.54) is 22.2 Å². The molecule has 34 heavy (non-hydrogen) atoms. The summed E-state index contributed by atoms with van der Waals surface area (Å²) in [5, 5.41) is 15.5. The summed E-state index contributed by atoms with van der Waals surface area (Å²) in [6, 6.07) is 8.95. The molecule has 3 aromatic rings. The second kappa shape index (κ2) is 9.23. The number of thiazole rings is 1. The lowest BCUT2D eigenvalue weighted by Gasteiger charge is -2.30. The third-order valence-corrected chi connectivity index (χ3v) is 7.12. The van der Waals surface area contributed by atoms with E-state index in [4.69, 9.17) is 5.26 Å². The average Bonchev–Trinajstić information content (AvgIpc) is 3.55. The molecule has 2 amide bonds. The van der Waals surface area contributed by atoms with Crippen molar-refractivity contribution >= 4 is 44.3 Å². The largest absolute Gasteiger partial charge is 0.353 e. The van der Waals surface area contributed by atoms with Crippen LogP contribution in [0.15, 0.2) is 35.4 Å². The molecule has 1 aromatic carbocycles. The van der Waals surface area contributed by atoms with Crippen molar-refractivity contribution in [2.45, 2.75) is 38.3 Å². The van der Waals surface area contributed by atoms with E-state index in [-0.39, 0.29) is 23.9 Å². The zero-order valence-electron chi connectivity index (χ0n) is 18.4. The summed E-state index contributed by atoms with van der Waals surface area (Å²) in [4.78, 5) is 48.6. The molecular weight excluding hydrogens is 454 g/mol. The Morgan fingerprint density at radius 2 is 2.00 bits per heavy atom. The highest BCUT2D eigenvalue weighted by atomic mass is 32.1. The molecule has 2 N–H and O–H groups in total. The van der Waals surface area contributed by atoms with Gasteiger partial charge in [-0.1, -0.05) is 17.4 Å². The molecule has 3 heterocycles. The SMILES string of the molecule is N#Cc1cccc(NC(=O)Cn2cnc3nc(N4CCC(C(=O)NC5CC5)CC4)sc3c2=O)c1. The molecule has 2 aliphatic rings. The molecule has 0 bridgehead atoms. The summed E-state index contributed by atoms with van der Waals surface area (Å²) in [6.07, 6.45) is 4.99. The Labute approximate surface area is 199 Å². The first kappa shape index (κ1) is 22.0. The molecule has 2 aromatic heterocycles. The molecular formula is C23H23N7O3S. The second-order valence-corrected chi connectivity index (χ2v) is 9.59. The predicted octanol–water partition coefficient (Wildman–Crippen LogP) is 1.86. The van der Waals surface area contributed by atoms with Gasteiger partial charge in [-0.15, -0.1) is 0 Å². The number of piperidine rings is 1. The van der Waals surface area contributed by atoms with Crippen LogP contribution in [0.4, 0.5) is 10.8 Å². The quantitative estimate of drug-likeness (QED) is 0.554. The summed E-state index contributed by atoms with van der Waals surface area (Å²) in [5.74, 6) is -0.225. The van der Waals surface area contributed by atoms with E-state index in [0.717, 1.165) is 25.7 Å². The zero-order valence-corrected chi connectivity index (χ0v) is 19.2. The molecule has 0 unspecified atom stereocenters. The summed E-state index contributed by atoms with van der Waals surface area (Å²) in [5.41, 5.74) is 0.952. The van der Waals surface area contributed by atoms with E-state index in [9.17, 15) is 14.4 Å². The molecule has 0 atom stereocenters. The number of nitrogens with zero attached hydrogens (tertiary/aromatic N) is 5. The third kappa shape index (κ3) is 4.77. The highest BCUT2D eigenvalue weighted by Gasteiger charge is 2.30. The van der Waals surface area contributed by atoms with Crippen molar-refractivity contribution in [1.29, 1.82) is 5.26 Å². The topological polar surface area (TPSA) is 133 Å². The third-order valence-electron chi connectivity index (χ3n) is 6.02. The molecule has 5 rings (SSSR count). The Morgan fingerprint density at radius 3 is 2.74 bits per heavy atom. The number of carbonyl (C=O) groups is 2. The van der Waals surface area contributed by atoms with Crippen molar-refractivity contribution in [2.75, 3.05) is 23.3 Å². The molecule has 1 aliphatic carbocycles. The first-order valence-electron chi connectivity index (χ1n) is 11.2. The van der Waals surface area contributed by atoms with Crippen LogP contribution in [0.25, 0.3) is 10.3 Å². The summed E-state index contributed by atoms with van der Waals surface area (Å²) in [7, 11) is 0. The van der Waals surface area contributed by atoms with E-state index in [1.807, 2.05) is 6.07 Å². The smallest absolute Gasteiger partial charge is 0.273 e. The number of anilines is 2. The maximum Gasteiger partial charge on any atom is 0.273 e. The molecule has 1 saturated carbocycles. The lowest BCUT2D eigenvalue weighted by atomic mass is 9.96. The van der Waals surface area contributed by atoms with Gasteiger partial charge in [0.1, 0.15) is 17.6 Å². The van der Waals surface area contributed by atoms with Crippen LogP contribution in [0.5, 0.6) is 0 Å². The summed E-state index contributed by atoms with van der Waals surface area (Å²) >= 11 is 1.26. The number of rotatable bonds is 6. The van der Waals surface area contributed by atoms with Gasteiger partial charge in [-0.3, -0.25) is 19.0 Å². The Bertz CT molecular complexity index is 1350. The van der Waals surface area contributed by atoms with Crippen molar-refractivity contribution in [3.8, 4) is 6.07 Å². The highest BCUT2D eigenvalue weighted by molar-refractivity contribution is 7.22. The maximum absolute atomic E-state index is 13.0. The fourth-order valence-corrected chi connectivity index (χ4v) is 5.01. The normalized spacial score (nSPS) is 16.3. The van der Waals surface area contributed by atoms with Crippen LogP contribution < -0.4 is 21.1 Å². The van der Waals surface area contributed by atoms with Crippen LogP contribution in [-0.4, -0.2) is 45.5 Å². The van der Waals surface area contributed by atoms with Crippen molar-refractivity contribution in [3.63, 3.8) is 0 Å². The lowest BCUT2D eigenvalue weighted by Crippen LogP contribution is -2.41. The number of carbonyl (C=O) groups excluding carboxylic acids is 2. The van der Waals surface area contributed by atoms with Crippen molar-refractivity contribution in [1.82, 2.24) is 19.9 Å². The zero-order chi connectivity index (χ0) is 23.7. The molecule has 0 spiro atoms. The number of hydrogen-bond acceptors (Lipinski definition) is 8. The van der Waals surface area contributed by atoms with Crippen LogP contribution in [0, 0.1) is 17.2 Å². The number of fused-ring (bicyclic) bond motifs is 1. The van der Waals surface area contributed by atoms with Gasteiger partial charge in [0, 0.05) is 30.7 Å². The molecule has 1 saturated heterocycles. The van der Waals surface area contributed by atoms with Gasteiger partial charge < -0.3 is 15.5 Å². The second-order valence-electron chi connectivity index (χ2n) is 8.61. The Kier molecular flexibility index (Phi) is 5.98. The maximum atomic E-state index is 13.0. The van der Waals surface area contributed by atoms with Crippen molar-refractivity contribution < 1.29 is 9.59 Å². The van der Waals surface area contributed by atoms with Gasteiger partial charge in [0.15, 0.2) is 10.8 Å². The minimum atomic E-state index is -0.394. The van der Waals surface area contributed by atoms with Gasteiger partial charge in [-0.25, -0.2) is 4.98 Å². The van der Waals surface area contributed by atoms with E-state index in [1.54, 1.807) is 24.3 Å². The van der Waals surface area contributed by atoms with Gasteiger partial charge in [0.05, 0.1) is 11.6 Å². The fraction of sp³-hybridized carbons (Fsp3) is 0.391. The number of nitrogens with one attached hydrogen (secondary N) is 2. The Balaban J connectivity index is 1.25. The van der Waals surface area contributed by atoms with Crippen LogP contribution in [0.2, 0.25) is 0 Å². The van der Waals surface area contributed by atoms with Gasteiger partial charge in [-0.2, -0.15) is 10.2 Å². The summed E-state index contributed by atoms with van der Waals surface area (Å²) in [6.45, 7) is 1.19. The Morgan fingerprint density at radius 1 is 1.21 bits per heavy atom. The number of nitriles is 1. The molecule has 10 nitrogen and oxygen atoms in total.